The standard InChI is InChI=1S/C20H16/c1-3-14-8-6-10-18-19(14)13(2)16-12-11-15-7-4-5-9-17(15)20(16)18/h3-5,7,9-12H,1-2,6,8H2. The van der Waals surface area contributed by atoms with E-state index >= 15 is 0 Å². The van der Waals surface area contributed by atoms with Crippen molar-refractivity contribution >= 4 is 21.9 Å². The van der Waals surface area contributed by atoms with E-state index in [1.54, 1.807) is 0 Å². The van der Waals surface area contributed by atoms with E-state index in [-0.39, 0.29) is 0 Å². The number of benzene rings is 2. The van der Waals surface area contributed by atoms with Crippen molar-refractivity contribution < 1.29 is 0 Å². The molecule has 0 heteroatoms. The lowest BCUT2D eigenvalue weighted by Gasteiger charge is -2.15. The number of hydrogen-bond donors (Lipinski definition) is 0. The number of hydrogen-bond acceptors (Lipinski definition) is 0. The molecular formula is C20H16. The predicted octanol–water partition coefficient (Wildman–Crippen LogP) is 5.53. The van der Waals surface area contributed by atoms with E-state index in [2.05, 4.69) is 55.6 Å². The maximum Gasteiger partial charge on any atom is -0.00237 e. The minimum atomic E-state index is 1.08. The highest BCUT2D eigenvalue weighted by atomic mass is 14.3. The van der Waals surface area contributed by atoms with Gasteiger partial charge in [0.1, 0.15) is 0 Å². The average molecular weight is 256 g/mol. The van der Waals surface area contributed by atoms with Gasteiger partial charge in [0.25, 0.3) is 0 Å². The van der Waals surface area contributed by atoms with Crippen molar-refractivity contribution in [1.29, 1.82) is 0 Å². The fraction of sp³-hybridized carbons (Fsp3) is 0.100. The Hall–Kier alpha value is -2.34. The van der Waals surface area contributed by atoms with Gasteiger partial charge in [-0.25, -0.2) is 0 Å². The predicted molar refractivity (Wildman–Crippen MR) is 87.4 cm³/mol. The van der Waals surface area contributed by atoms with Gasteiger partial charge in [-0.15, -0.1) is 0 Å². The molecule has 0 bridgehead atoms. The van der Waals surface area contributed by atoms with Crippen LogP contribution < -0.4 is 0 Å². The van der Waals surface area contributed by atoms with Gasteiger partial charge in [0.2, 0.25) is 0 Å². The first-order chi connectivity index (χ1) is 9.81. The molecule has 2 aromatic carbocycles. The number of fused-ring (bicyclic) bond motifs is 5. The molecule has 20 heavy (non-hydrogen) atoms. The Morgan fingerprint density at radius 3 is 2.75 bits per heavy atom. The monoisotopic (exact) mass is 256 g/mol. The third kappa shape index (κ3) is 1.36. The van der Waals surface area contributed by atoms with E-state index < -0.39 is 0 Å². The fourth-order valence-electron chi connectivity index (χ4n) is 3.51. The van der Waals surface area contributed by atoms with Crippen LogP contribution in [0.25, 0.3) is 21.9 Å². The molecule has 0 aliphatic heterocycles. The molecule has 2 aromatic rings. The average Bonchev–Trinajstić information content (AvgIpc) is 2.81. The summed E-state index contributed by atoms with van der Waals surface area (Å²) >= 11 is 0. The number of rotatable bonds is 1. The molecule has 0 saturated carbocycles. The topological polar surface area (TPSA) is 0 Å². The van der Waals surface area contributed by atoms with Gasteiger partial charge >= 0.3 is 0 Å². The van der Waals surface area contributed by atoms with Gasteiger partial charge in [0, 0.05) is 0 Å². The molecule has 0 saturated heterocycles. The molecule has 0 fully saturated rings. The molecule has 0 atom stereocenters. The van der Waals surface area contributed by atoms with Crippen molar-refractivity contribution in [3.63, 3.8) is 0 Å². The van der Waals surface area contributed by atoms with Crippen LogP contribution in [0.1, 0.15) is 24.0 Å². The molecule has 0 unspecified atom stereocenters. The quantitative estimate of drug-likeness (QED) is 0.629. The maximum absolute atomic E-state index is 4.34. The molecule has 4 rings (SSSR count). The van der Waals surface area contributed by atoms with Gasteiger partial charge < -0.3 is 0 Å². The second-order valence-electron chi connectivity index (χ2n) is 5.45. The SMILES string of the molecule is C=CC1=C2C(=C)c3ccc4ccccc4c3C2=CCC1. The minimum absolute atomic E-state index is 1.08. The van der Waals surface area contributed by atoms with Gasteiger partial charge in [-0.2, -0.15) is 0 Å². The Morgan fingerprint density at radius 1 is 1.05 bits per heavy atom. The van der Waals surface area contributed by atoms with Gasteiger partial charge in [0.15, 0.2) is 0 Å². The molecule has 0 nitrogen and oxygen atoms in total. The molecule has 96 valence electrons. The Balaban J connectivity index is 2.13. The summed E-state index contributed by atoms with van der Waals surface area (Å²) in [6, 6.07) is 13.0. The molecule has 2 aliphatic carbocycles. The van der Waals surface area contributed by atoms with E-state index in [1.165, 1.54) is 38.6 Å². The van der Waals surface area contributed by atoms with Crippen molar-refractivity contribution in [3.05, 3.63) is 84.0 Å². The highest BCUT2D eigenvalue weighted by molar-refractivity contribution is 6.15. The molecule has 0 N–H and O–H groups in total. The minimum Gasteiger partial charge on any atom is -0.0988 e. The van der Waals surface area contributed by atoms with Crippen LogP contribution in [-0.2, 0) is 0 Å². The van der Waals surface area contributed by atoms with Crippen LogP contribution in [0.15, 0.2) is 72.9 Å². The lowest BCUT2D eigenvalue weighted by Crippen LogP contribution is -1.94. The van der Waals surface area contributed by atoms with E-state index in [0.717, 1.165) is 18.4 Å². The van der Waals surface area contributed by atoms with Crippen LogP contribution >= 0.6 is 0 Å². The van der Waals surface area contributed by atoms with Crippen LogP contribution in [-0.4, -0.2) is 0 Å². The van der Waals surface area contributed by atoms with Gasteiger partial charge in [0.05, 0.1) is 0 Å². The highest BCUT2D eigenvalue weighted by Crippen LogP contribution is 2.50. The summed E-state index contributed by atoms with van der Waals surface area (Å²) in [5.74, 6) is 0. The number of allylic oxidation sites excluding steroid dienone is 6. The first kappa shape index (κ1) is 11.5. The molecule has 0 radical (unpaired) electrons. The lowest BCUT2D eigenvalue weighted by atomic mass is 9.89. The van der Waals surface area contributed by atoms with Crippen LogP contribution in [0.3, 0.4) is 0 Å². The Labute approximate surface area is 119 Å². The second-order valence-corrected chi connectivity index (χ2v) is 5.45. The normalized spacial score (nSPS) is 17.0. The largest absolute Gasteiger partial charge is 0.0988 e. The summed E-state index contributed by atoms with van der Waals surface area (Å²) in [4.78, 5) is 0. The van der Waals surface area contributed by atoms with Gasteiger partial charge in [-0.3, -0.25) is 0 Å². The van der Waals surface area contributed by atoms with Crippen LogP contribution in [0.4, 0.5) is 0 Å². The lowest BCUT2D eigenvalue weighted by molar-refractivity contribution is 0.989. The first-order valence-electron chi connectivity index (χ1n) is 7.09. The summed E-state index contributed by atoms with van der Waals surface area (Å²) in [5.41, 5.74) is 7.83. The molecule has 0 aromatic heterocycles. The zero-order valence-electron chi connectivity index (χ0n) is 11.4. The maximum atomic E-state index is 4.34. The van der Waals surface area contributed by atoms with Crippen molar-refractivity contribution in [3.8, 4) is 0 Å². The van der Waals surface area contributed by atoms with Gasteiger partial charge in [-0.05, 0) is 57.0 Å². The molecule has 0 amide bonds. The van der Waals surface area contributed by atoms with Crippen molar-refractivity contribution in [2.24, 2.45) is 0 Å². The Kier molecular flexibility index (Phi) is 2.34. The summed E-state index contributed by atoms with van der Waals surface area (Å²) in [5, 5.41) is 2.63. The summed E-state index contributed by atoms with van der Waals surface area (Å²) in [6.07, 6.45) is 6.54. The van der Waals surface area contributed by atoms with Crippen LogP contribution in [0.5, 0.6) is 0 Å². The zero-order valence-corrected chi connectivity index (χ0v) is 11.4. The third-order valence-corrected chi connectivity index (χ3v) is 4.42. The Bertz CT molecular complexity index is 828. The molecular weight excluding hydrogens is 240 g/mol. The smallest absolute Gasteiger partial charge is 0.00237 e. The fourth-order valence-corrected chi connectivity index (χ4v) is 3.51. The van der Waals surface area contributed by atoms with E-state index in [4.69, 9.17) is 0 Å². The van der Waals surface area contributed by atoms with E-state index in [0.29, 0.717) is 0 Å². The van der Waals surface area contributed by atoms with Crippen molar-refractivity contribution in [1.82, 2.24) is 0 Å². The summed E-state index contributed by atoms with van der Waals surface area (Å²) in [6.45, 7) is 8.32. The highest BCUT2D eigenvalue weighted by Gasteiger charge is 2.29. The zero-order chi connectivity index (χ0) is 13.7. The summed E-state index contributed by atoms with van der Waals surface area (Å²) < 4.78 is 0. The van der Waals surface area contributed by atoms with Crippen molar-refractivity contribution in [2.45, 2.75) is 12.8 Å². The summed E-state index contributed by atoms with van der Waals surface area (Å²) in [7, 11) is 0. The molecule has 0 heterocycles. The third-order valence-electron chi connectivity index (χ3n) is 4.42. The van der Waals surface area contributed by atoms with E-state index in [1.807, 2.05) is 6.08 Å². The molecule has 2 aliphatic rings. The van der Waals surface area contributed by atoms with Crippen molar-refractivity contribution in [2.75, 3.05) is 0 Å². The van der Waals surface area contributed by atoms with Crippen LogP contribution in [0.2, 0.25) is 0 Å². The van der Waals surface area contributed by atoms with Gasteiger partial charge in [-0.1, -0.05) is 61.7 Å². The molecule has 0 spiro atoms. The van der Waals surface area contributed by atoms with Crippen LogP contribution in [0, 0.1) is 0 Å². The second kappa shape index (κ2) is 4.08. The Morgan fingerprint density at radius 2 is 1.90 bits per heavy atom. The van der Waals surface area contributed by atoms with E-state index in [9.17, 15) is 0 Å². The first-order valence-corrected chi connectivity index (χ1v) is 7.09.